The molecule has 0 saturated carbocycles. The van der Waals surface area contributed by atoms with E-state index in [4.69, 9.17) is 4.74 Å². The first-order chi connectivity index (χ1) is 13.7. The van der Waals surface area contributed by atoms with E-state index >= 15 is 0 Å². The van der Waals surface area contributed by atoms with Gasteiger partial charge in [0.15, 0.2) is 5.96 Å². The molecular formula is C22H36N4O2. The van der Waals surface area contributed by atoms with Gasteiger partial charge in [-0.15, -0.1) is 0 Å². The van der Waals surface area contributed by atoms with Gasteiger partial charge in [-0.25, -0.2) is 0 Å². The number of aliphatic hydroxyl groups excluding tert-OH is 1. The molecule has 2 heterocycles. The van der Waals surface area contributed by atoms with Crippen molar-refractivity contribution in [3.05, 3.63) is 35.4 Å². The van der Waals surface area contributed by atoms with E-state index in [1.54, 1.807) is 0 Å². The number of aliphatic imine (C=N–C) groups is 1. The van der Waals surface area contributed by atoms with Gasteiger partial charge in [0.2, 0.25) is 0 Å². The quantitative estimate of drug-likeness (QED) is 0.553. The summed E-state index contributed by atoms with van der Waals surface area (Å²) in [5, 5.41) is 13.1. The highest BCUT2D eigenvalue weighted by atomic mass is 16.5. The maximum Gasteiger partial charge on any atom is 0.193 e. The Morgan fingerprint density at radius 3 is 2.54 bits per heavy atom. The van der Waals surface area contributed by atoms with E-state index in [1.807, 2.05) is 7.05 Å². The van der Waals surface area contributed by atoms with Gasteiger partial charge in [0.25, 0.3) is 0 Å². The first-order valence-corrected chi connectivity index (χ1v) is 10.7. The lowest BCUT2D eigenvalue weighted by molar-refractivity contribution is 0.0792. The monoisotopic (exact) mass is 388 g/mol. The molecule has 0 amide bonds. The minimum atomic E-state index is -0.107. The van der Waals surface area contributed by atoms with Crippen LogP contribution in [0, 0.1) is 5.92 Å². The molecule has 0 spiro atoms. The molecule has 6 nitrogen and oxygen atoms in total. The van der Waals surface area contributed by atoms with E-state index in [1.165, 1.54) is 17.5 Å². The van der Waals surface area contributed by atoms with Gasteiger partial charge in [-0.3, -0.25) is 9.89 Å². The Labute approximate surface area is 169 Å². The van der Waals surface area contributed by atoms with Gasteiger partial charge < -0.3 is 20.1 Å². The van der Waals surface area contributed by atoms with Crippen molar-refractivity contribution in [2.45, 2.75) is 45.4 Å². The maximum atomic E-state index is 9.63. The van der Waals surface area contributed by atoms with E-state index < -0.39 is 0 Å². The van der Waals surface area contributed by atoms with Crippen LogP contribution in [0.5, 0.6) is 0 Å². The van der Waals surface area contributed by atoms with Crippen molar-refractivity contribution >= 4 is 5.96 Å². The van der Waals surface area contributed by atoms with Gasteiger partial charge in [0.1, 0.15) is 0 Å². The van der Waals surface area contributed by atoms with Crippen LogP contribution in [0.15, 0.2) is 29.3 Å². The van der Waals surface area contributed by atoms with E-state index in [2.05, 4.69) is 51.3 Å². The minimum Gasteiger partial charge on any atom is -0.393 e. The standard InChI is InChI=1S/C22H36N4O2/c1-3-28-17-20-8-13-26(16-20)22(23-2)24-14-18-4-6-19(7-5-18)15-25-11-9-21(27)10-12-25/h4-7,20-21,27H,3,8-17H2,1-2H3,(H,23,24). The smallest absolute Gasteiger partial charge is 0.193 e. The van der Waals surface area contributed by atoms with Gasteiger partial charge >= 0.3 is 0 Å². The lowest BCUT2D eigenvalue weighted by Crippen LogP contribution is -2.39. The normalized spacial score (nSPS) is 22.0. The van der Waals surface area contributed by atoms with Gasteiger partial charge in [0, 0.05) is 58.8 Å². The first kappa shape index (κ1) is 21.1. The third-order valence-corrected chi connectivity index (χ3v) is 5.79. The van der Waals surface area contributed by atoms with Crippen molar-refractivity contribution in [1.29, 1.82) is 0 Å². The van der Waals surface area contributed by atoms with E-state index in [0.29, 0.717) is 5.92 Å². The molecule has 2 fully saturated rings. The highest BCUT2D eigenvalue weighted by molar-refractivity contribution is 5.80. The molecule has 0 aromatic heterocycles. The number of nitrogens with zero attached hydrogens (tertiary/aromatic N) is 3. The number of rotatable bonds is 7. The molecular weight excluding hydrogens is 352 g/mol. The Hall–Kier alpha value is -1.63. The minimum absolute atomic E-state index is 0.107. The second-order valence-electron chi connectivity index (χ2n) is 7.98. The van der Waals surface area contributed by atoms with Crippen molar-refractivity contribution in [2.75, 3.05) is 46.4 Å². The van der Waals surface area contributed by atoms with Crippen LogP contribution >= 0.6 is 0 Å². The average molecular weight is 389 g/mol. The van der Waals surface area contributed by atoms with Gasteiger partial charge in [-0.2, -0.15) is 0 Å². The van der Waals surface area contributed by atoms with Crippen molar-refractivity contribution < 1.29 is 9.84 Å². The van der Waals surface area contributed by atoms with Crippen LogP contribution in [-0.4, -0.2) is 73.4 Å². The molecule has 0 radical (unpaired) electrons. The molecule has 2 aliphatic rings. The fourth-order valence-corrected chi connectivity index (χ4v) is 4.06. The van der Waals surface area contributed by atoms with Gasteiger partial charge in [-0.1, -0.05) is 24.3 Å². The van der Waals surface area contributed by atoms with Gasteiger partial charge in [0.05, 0.1) is 12.7 Å². The van der Waals surface area contributed by atoms with Gasteiger partial charge in [-0.05, 0) is 37.3 Å². The van der Waals surface area contributed by atoms with Crippen LogP contribution in [-0.2, 0) is 17.8 Å². The van der Waals surface area contributed by atoms with E-state index in [0.717, 1.165) is 71.3 Å². The Balaban J connectivity index is 1.43. The zero-order valence-corrected chi connectivity index (χ0v) is 17.4. The Morgan fingerprint density at radius 1 is 1.14 bits per heavy atom. The number of benzene rings is 1. The van der Waals surface area contributed by atoms with Crippen LogP contribution in [0.3, 0.4) is 0 Å². The summed E-state index contributed by atoms with van der Waals surface area (Å²) in [6.45, 7) is 9.48. The molecule has 2 aliphatic heterocycles. The summed E-state index contributed by atoms with van der Waals surface area (Å²) in [5.74, 6) is 1.59. The van der Waals surface area contributed by atoms with Crippen LogP contribution in [0.2, 0.25) is 0 Å². The predicted molar refractivity (Wildman–Crippen MR) is 113 cm³/mol. The van der Waals surface area contributed by atoms with Crippen molar-refractivity contribution in [3.8, 4) is 0 Å². The summed E-state index contributed by atoms with van der Waals surface area (Å²) in [6.07, 6.45) is 2.85. The second-order valence-corrected chi connectivity index (χ2v) is 7.98. The summed E-state index contributed by atoms with van der Waals surface area (Å²) in [5.41, 5.74) is 2.60. The molecule has 1 aromatic rings. The molecule has 0 bridgehead atoms. The summed E-state index contributed by atoms with van der Waals surface area (Å²) in [7, 11) is 1.86. The topological polar surface area (TPSA) is 60.3 Å². The number of hydrogen-bond donors (Lipinski definition) is 2. The summed E-state index contributed by atoms with van der Waals surface area (Å²) in [6, 6.07) is 8.85. The zero-order valence-electron chi connectivity index (χ0n) is 17.4. The van der Waals surface area contributed by atoms with E-state index in [-0.39, 0.29) is 6.10 Å². The Kier molecular flexibility index (Phi) is 8.13. The fraction of sp³-hybridized carbons (Fsp3) is 0.682. The number of ether oxygens (including phenoxy) is 1. The van der Waals surface area contributed by atoms with Crippen molar-refractivity contribution in [1.82, 2.24) is 15.1 Å². The Bertz CT molecular complexity index is 611. The number of hydrogen-bond acceptors (Lipinski definition) is 4. The third-order valence-electron chi connectivity index (χ3n) is 5.79. The molecule has 3 rings (SSSR count). The average Bonchev–Trinajstić information content (AvgIpc) is 3.18. The Morgan fingerprint density at radius 2 is 1.86 bits per heavy atom. The summed E-state index contributed by atoms with van der Waals surface area (Å²) in [4.78, 5) is 9.23. The molecule has 0 aliphatic carbocycles. The van der Waals surface area contributed by atoms with Crippen LogP contribution in [0.25, 0.3) is 0 Å². The number of piperidine rings is 1. The highest BCUT2D eigenvalue weighted by Gasteiger charge is 2.24. The largest absolute Gasteiger partial charge is 0.393 e. The van der Waals surface area contributed by atoms with Crippen LogP contribution in [0.4, 0.5) is 0 Å². The SMILES string of the molecule is CCOCC1CCN(C(=NC)NCc2ccc(CN3CCC(O)CC3)cc2)C1. The summed E-state index contributed by atoms with van der Waals surface area (Å²) < 4.78 is 5.58. The molecule has 28 heavy (non-hydrogen) atoms. The van der Waals surface area contributed by atoms with Crippen molar-refractivity contribution in [2.24, 2.45) is 10.9 Å². The lowest BCUT2D eigenvalue weighted by atomic mass is 10.1. The first-order valence-electron chi connectivity index (χ1n) is 10.7. The maximum absolute atomic E-state index is 9.63. The molecule has 1 atom stereocenters. The third kappa shape index (κ3) is 6.19. The molecule has 2 N–H and O–H groups in total. The van der Waals surface area contributed by atoms with Crippen molar-refractivity contribution in [3.63, 3.8) is 0 Å². The number of guanidine groups is 1. The molecule has 6 heteroatoms. The number of aliphatic hydroxyl groups is 1. The zero-order chi connectivity index (χ0) is 19.8. The number of likely N-dealkylation sites (tertiary alicyclic amines) is 2. The number of nitrogens with one attached hydrogen (secondary N) is 1. The van der Waals surface area contributed by atoms with Crippen LogP contribution in [0.1, 0.15) is 37.3 Å². The molecule has 1 aromatic carbocycles. The lowest BCUT2D eigenvalue weighted by Gasteiger charge is -2.29. The second kappa shape index (κ2) is 10.8. The molecule has 2 saturated heterocycles. The molecule has 1 unspecified atom stereocenters. The summed E-state index contributed by atoms with van der Waals surface area (Å²) >= 11 is 0. The van der Waals surface area contributed by atoms with E-state index in [9.17, 15) is 5.11 Å². The predicted octanol–water partition coefficient (Wildman–Crippen LogP) is 2.08. The van der Waals surface area contributed by atoms with Crippen LogP contribution < -0.4 is 5.32 Å². The molecule has 156 valence electrons. The highest BCUT2D eigenvalue weighted by Crippen LogP contribution is 2.17. The fourth-order valence-electron chi connectivity index (χ4n) is 4.06.